The summed E-state index contributed by atoms with van der Waals surface area (Å²) in [6.07, 6.45) is -1.78. The summed E-state index contributed by atoms with van der Waals surface area (Å²) in [5.74, 6) is 0.203. The summed E-state index contributed by atoms with van der Waals surface area (Å²) in [7, 11) is 0. The number of benzene rings is 1. The van der Waals surface area contributed by atoms with Crippen molar-refractivity contribution < 1.29 is 13.2 Å². The smallest absolute Gasteiger partial charge is 0.398 e. The molecule has 0 amide bonds. The maximum Gasteiger partial charge on any atom is 0.419 e. The summed E-state index contributed by atoms with van der Waals surface area (Å²) >= 11 is 0. The fourth-order valence-electron chi connectivity index (χ4n) is 3.49. The highest BCUT2D eigenvalue weighted by atomic mass is 19.4. The van der Waals surface area contributed by atoms with Crippen molar-refractivity contribution in [3.05, 3.63) is 47.3 Å². The van der Waals surface area contributed by atoms with E-state index in [0.29, 0.717) is 11.3 Å². The lowest BCUT2D eigenvalue weighted by Gasteiger charge is -2.30. The van der Waals surface area contributed by atoms with E-state index in [0.717, 1.165) is 32.1 Å². The molecular weight excluding hydrogens is 355 g/mol. The van der Waals surface area contributed by atoms with Gasteiger partial charge in [-0.3, -0.25) is 0 Å². The second-order valence-corrected chi connectivity index (χ2v) is 7.35. The summed E-state index contributed by atoms with van der Waals surface area (Å²) in [6, 6.07) is 7.01. The molecule has 0 spiro atoms. The zero-order valence-corrected chi connectivity index (χ0v) is 15.4. The lowest BCUT2D eigenvalue weighted by molar-refractivity contribution is -0.139. The van der Waals surface area contributed by atoms with E-state index in [1.54, 1.807) is 38.1 Å². The Morgan fingerprint density at radius 2 is 1.93 bits per heavy atom. The molecule has 0 saturated carbocycles. The van der Waals surface area contributed by atoms with Crippen LogP contribution in [0.5, 0.6) is 0 Å². The van der Waals surface area contributed by atoms with Gasteiger partial charge in [-0.25, -0.2) is 9.97 Å². The fraction of sp³-hybridized carbons (Fsp3) is 0.474. The molecule has 1 fully saturated rings. The van der Waals surface area contributed by atoms with Crippen LogP contribution in [0.15, 0.2) is 30.5 Å². The Morgan fingerprint density at radius 3 is 2.56 bits per heavy atom. The van der Waals surface area contributed by atoms with Crippen molar-refractivity contribution in [1.29, 1.82) is 0 Å². The standard InChI is InChI=1S/C19H24F3N5/c1-18(2,13-7-3-4-8-15(13)23)16-14(19(20,21)22)11-25-17(27-16)26-12-6-5-9-24-10-12/h3-4,7-8,11-12,24H,5-6,9-10,23H2,1-2H3,(H,25,26,27). The minimum atomic E-state index is -4.55. The molecule has 1 aliphatic heterocycles. The van der Waals surface area contributed by atoms with Crippen LogP contribution in [0.2, 0.25) is 0 Å². The van der Waals surface area contributed by atoms with Crippen LogP contribution < -0.4 is 16.4 Å². The van der Waals surface area contributed by atoms with E-state index in [4.69, 9.17) is 5.73 Å². The molecule has 1 unspecified atom stereocenters. The van der Waals surface area contributed by atoms with Gasteiger partial charge in [0.2, 0.25) is 5.95 Å². The Hall–Kier alpha value is -2.35. The molecule has 1 atom stereocenters. The number of nitrogens with one attached hydrogen (secondary N) is 2. The van der Waals surface area contributed by atoms with Crippen LogP contribution in [0.25, 0.3) is 0 Å². The first-order valence-corrected chi connectivity index (χ1v) is 8.96. The van der Waals surface area contributed by atoms with Gasteiger partial charge in [-0.15, -0.1) is 0 Å². The van der Waals surface area contributed by atoms with Gasteiger partial charge >= 0.3 is 6.18 Å². The Morgan fingerprint density at radius 1 is 1.19 bits per heavy atom. The largest absolute Gasteiger partial charge is 0.419 e. The predicted octanol–water partition coefficient (Wildman–Crippen LogP) is 3.57. The molecule has 4 N–H and O–H groups in total. The molecule has 0 bridgehead atoms. The molecule has 27 heavy (non-hydrogen) atoms. The second-order valence-electron chi connectivity index (χ2n) is 7.35. The van der Waals surface area contributed by atoms with Gasteiger partial charge in [0.25, 0.3) is 0 Å². The van der Waals surface area contributed by atoms with Gasteiger partial charge in [-0.1, -0.05) is 32.0 Å². The first-order valence-electron chi connectivity index (χ1n) is 8.96. The van der Waals surface area contributed by atoms with Crippen molar-refractivity contribution in [2.24, 2.45) is 0 Å². The predicted molar refractivity (Wildman–Crippen MR) is 99.5 cm³/mol. The molecule has 2 aromatic rings. The minimum absolute atomic E-state index is 0.0887. The monoisotopic (exact) mass is 379 g/mol. The molecule has 1 aromatic carbocycles. The Kier molecular flexibility index (Phi) is 5.28. The zero-order valence-electron chi connectivity index (χ0n) is 15.4. The number of para-hydroxylation sites is 1. The van der Waals surface area contributed by atoms with Crippen LogP contribution in [0.3, 0.4) is 0 Å². The molecule has 0 aliphatic carbocycles. The van der Waals surface area contributed by atoms with E-state index in [1.807, 2.05) is 0 Å². The molecule has 5 nitrogen and oxygen atoms in total. The van der Waals surface area contributed by atoms with Crippen LogP contribution in [0.4, 0.5) is 24.8 Å². The van der Waals surface area contributed by atoms with Crippen LogP contribution in [-0.4, -0.2) is 29.1 Å². The van der Waals surface area contributed by atoms with E-state index < -0.39 is 17.2 Å². The third-order valence-corrected chi connectivity index (χ3v) is 4.95. The van der Waals surface area contributed by atoms with Gasteiger partial charge in [0.1, 0.15) is 0 Å². The number of hydrogen-bond donors (Lipinski definition) is 3. The number of piperidine rings is 1. The second kappa shape index (κ2) is 7.34. The Balaban J connectivity index is 2.04. The summed E-state index contributed by atoms with van der Waals surface area (Å²) in [4.78, 5) is 8.23. The molecular formula is C19H24F3N5. The third kappa shape index (κ3) is 4.16. The summed E-state index contributed by atoms with van der Waals surface area (Å²) in [5, 5.41) is 6.41. The number of anilines is 2. The highest BCUT2D eigenvalue weighted by Gasteiger charge is 2.41. The normalized spacial score (nSPS) is 18.3. The summed E-state index contributed by atoms with van der Waals surface area (Å²) in [5.41, 5.74) is 5.10. The van der Waals surface area contributed by atoms with Gasteiger partial charge in [-0.2, -0.15) is 13.2 Å². The average molecular weight is 379 g/mol. The number of hydrogen-bond acceptors (Lipinski definition) is 5. The highest BCUT2D eigenvalue weighted by Crippen LogP contribution is 2.41. The van der Waals surface area contributed by atoms with Crippen LogP contribution in [-0.2, 0) is 11.6 Å². The van der Waals surface area contributed by atoms with Gasteiger partial charge in [0.15, 0.2) is 0 Å². The minimum Gasteiger partial charge on any atom is -0.398 e. The van der Waals surface area contributed by atoms with Crippen molar-refractivity contribution in [1.82, 2.24) is 15.3 Å². The van der Waals surface area contributed by atoms with E-state index in [9.17, 15) is 13.2 Å². The maximum atomic E-state index is 13.6. The molecule has 1 aromatic heterocycles. The Labute approximate surface area is 156 Å². The molecule has 1 aliphatic rings. The van der Waals surface area contributed by atoms with Crippen molar-refractivity contribution >= 4 is 11.6 Å². The van der Waals surface area contributed by atoms with E-state index in [2.05, 4.69) is 20.6 Å². The number of nitrogens with zero attached hydrogens (tertiary/aromatic N) is 2. The van der Waals surface area contributed by atoms with E-state index in [-0.39, 0.29) is 17.7 Å². The Bertz CT molecular complexity index is 798. The molecule has 146 valence electrons. The SMILES string of the molecule is CC(C)(c1ccccc1N)c1nc(NC2CCCNC2)ncc1C(F)(F)F. The first kappa shape index (κ1) is 19.4. The quantitative estimate of drug-likeness (QED) is 0.708. The van der Waals surface area contributed by atoms with Gasteiger partial charge in [0, 0.05) is 29.9 Å². The lowest BCUT2D eigenvalue weighted by atomic mass is 9.78. The van der Waals surface area contributed by atoms with Gasteiger partial charge in [-0.05, 0) is 31.0 Å². The number of aromatic nitrogens is 2. The van der Waals surface area contributed by atoms with E-state index >= 15 is 0 Å². The van der Waals surface area contributed by atoms with Crippen molar-refractivity contribution in [3.63, 3.8) is 0 Å². The van der Waals surface area contributed by atoms with Gasteiger partial charge < -0.3 is 16.4 Å². The van der Waals surface area contributed by atoms with Crippen LogP contribution in [0.1, 0.15) is 43.5 Å². The number of nitrogens with two attached hydrogens (primary N) is 1. The molecule has 3 rings (SSSR count). The first-order chi connectivity index (χ1) is 12.7. The number of nitrogen functional groups attached to an aromatic ring is 1. The molecule has 0 radical (unpaired) electrons. The topological polar surface area (TPSA) is 75.9 Å². The number of alkyl halides is 3. The zero-order chi connectivity index (χ0) is 19.7. The van der Waals surface area contributed by atoms with Crippen LogP contribution >= 0.6 is 0 Å². The molecule has 1 saturated heterocycles. The lowest BCUT2D eigenvalue weighted by Crippen LogP contribution is -2.39. The summed E-state index contributed by atoms with van der Waals surface area (Å²) in [6.45, 7) is 5.07. The van der Waals surface area contributed by atoms with Crippen molar-refractivity contribution in [2.75, 3.05) is 24.1 Å². The maximum absolute atomic E-state index is 13.6. The number of rotatable bonds is 4. The molecule has 2 heterocycles. The number of halogens is 3. The van der Waals surface area contributed by atoms with Gasteiger partial charge in [0.05, 0.1) is 11.3 Å². The van der Waals surface area contributed by atoms with Crippen molar-refractivity contribution in [2.45, 2.75) is 44.3 Å². The summed E-state index contributed by atoms with van der Waals surface area (Å²) < 4.78 is 40.9. The van der Waals surface area contributed by atoms with Crippen LogP contribution in [0, 0.1) is 0 Å². The van der Waals surface area contributed by atoms with E-state index in [1.165, 1.54) is 0 Å². The molecule has 8 heteroatoms. The third-order valence-electron chi connectivity index (χ3n) is 4.95. The van der Waals surface area contributed by atoms with Crippen molar-refractivity contribution in [3.8, 4) is 0 Å². The fourth-order valence-corrected chi connectivity index (χ4v) is 3.49. The average Bonchev–Trinajstić information content (AvgIpc) is 2.62. The highest BCUT2D eigenvalue weighted by molar-refractivity contribution is 5.55.